The molecule has 38 heavy (non-hydrogen) atoms. The molecule has 0 unspecified atom stereocenters. The van der Waals surface area contributed by atoms with Crippen LogP contribution in [0.5, 0.6) is 0 Å². The van der Waals surface area contributed by atoms with Crippen LogP contribution in [0.2, 0.25) is 10.0 Å². The van der Waals surface area contributed by atoms with Gasteiger partial charge in [-0.15, -0.1) is 0 Å². The van der Waals surface area contributed by atoms with E-state index in [9.17, 15) is 9.59 Å². The summed E-state index contributed by atoms with van der Waals surface area (Å²) in [6, 6.07) is 24.2. The molecule has 9 heteroatoms. The number of nitrogens with one attached hydrogen (secondary N) is 1. The first-order valence-corrected chi connectivity index (χ1v) is 12.8. The van der Waals surface area contributed by atoms with Crippen LogP contribution >= 0.6 is 23.2 Å². The Bertz CT molecular complexity index is 1480. The van der Waals surface area contributed by atoms with E-state index < -0.39 is 11.8 Å². The zero-order chi connectivity index (χ0) is 26.5. The van der Waals surface area contributed by atoms with Crippen molar-refractivity contribution in [1.29, 1.82) is 0 Å². The van der Waals surface area contributed by atoms with E-state index in [0.717, 1.165) is 16.9 Å². The SMILES string of the molecule is O=C(Nc1ccc(Cl)c(Cl)c1)/C(=C\c1cnn(-c2ccccc2)c1-c1ccccc1)C(=O)N1CCOCC1. The summed E-state index contributed by atoms with van der Waals surface area (Å²) in [5.74, 6) is -0.955. The molecule has 2 heterocycles. The highest BCUT2D eigenvalue weighted by atomic mass is 35.5. The van der Waals surface area contributed by atoms with Crippen molar-refractivity contribution in [3.63, 3.8) is 0 Å². The molecular weight excluding hydrogens is 523 g/mol. The lowest BCUT2D eigenvalue weighted by molar-refractivity contribution is -0.132. The van der Waals surface area contributed by atoms with Crippen molar-refractivity contribution in [2.24, 2.45) is 0 Å². The van der Waals surface area contributed by atoms with Crippen molar-refractivity contribution in [2.75, 3.05) is 31.6 Å². The molecule has 5 rings (SSSR count). The Morgan fingerprint density at radius 2 is 1.58 bits per heavy atom. The molecule has 1 saturated heterocycles. The molecule has 3 aromatic carbocycles. The predicted molar refractivity (Wildman–Crippen MR) is 149 cm³/mol. The van der Waals surface area contributed by atoms with Crippen molar-refractivity contribution in [3.05, 3.63) is 106 Å². The minimum absolute atomic E-state index is 0.0252. The van der Waals surface area contributed by atoms with E-state index in [4.69, 9.17) is 27.9 Å². The average Bonchev–Trinajstić information content (AvgIpc) is 3.38. The number of ether oxygens (including phenoxy) is 1. The topological polar surface area (TPSA) is 76.5 Å². The van der Waals surface area contributed by atoms with Gasteiger partial charge in [-0.3, -0.25) is 9.59 Å². The van der Waals surface area contributed by atoms with Crippen LogP contribution < -0.4 is 5.32 Å². The van der Waals surface area contributed by atoms with Gasteiger partial charge in [-0.2, -0.15) is 5.10 Å². The number of morpholine rings is 1. The van der Waals surface area contributed by atoms with Gasteiger partial charge in [-0.25, -0.2) is 4.68 Å². The number of carbonyl (C=O) groups is 2. The second kappa shape index (κ2) is 11.6. The van der Waals surface area contributed by atoms with Crippen LogP contribution in [0.25, 0.3) is 23.0 Å². The highest BCUT2D eigenvalue weighted by Crippen LogP contribution is 2.30. The molecule has 0 spiro atoms. The minimum atomic E-state index is -0.564. The Balaban J connectivity index is 1.60. The Kier molecular flexibility index (Phi) is 7.89. The summed E-state index contributed by atoms with van der Waals surface area (Å²) >= 11 is 12.2. The molecule has 0 atom stereocenters. The first kappa shape index (κ1) is 25.7. The second-order valence-electron chi connectivity index (χ2n) is 8.61. The monoisotopic (exact) mass is 546 g/mol. The molecule has 1 fully saturated rings. The fraction of sp³-hybridized carbons (Fsp3) is 0.138. The van der Waals surface area contributed by atoms with E-state index in [-0.39, 0.29) is 5.57 Å². The molecule has 0 aliphatic carbocycles. The summed E-state index contributed by atoms with van der Waals surface area (Å²) in [5.41, 5.74) is 3.53. The first-order valence-electron chi connectivity index (χ1n) is 12.1. The van der Waals surface area contributed by atoms with Gasteiger partial charge in [-0.05, 0) is 36.4 Å². The van der Waals surface area contributed by atoms with E-state index in [1.165, 1.54) is 0 Å². The molecule has 1 N–H and O–H groups in total. The van der Waals surface area contributed by atoms with Gasteiger partial charge < -0.3 is 15.0 Å². The summed E-state index contributed by atoms with van der Waals surface area (Å²) in [5, 5.41) is 8.07. The van der Waals surface area contributed by atoms with E-state index in [0.29, 0.717) is 47.6 Å². The number of nitrogens with zero attached hydrogens (tertiary/aromatic N) is 3. The van der Waals surface area contributed by atoms with Crippen LogP contribution in [0.4, 0.5) is 5.69 Å². The van der Waals surface area contributed by atoms with Crippen molar-refractivity contribution >= 4 is 46.8 Å². The zero-order valence-electron chi connectivity index (χ0n) is 20.3. The van der Waals surface area contributed by atoms with E-state index in [2.05, 4.69) is 10.4 Å². The molecule has 192 valence electrons. The molecule has 2 amide bonds. The minimum Gasteiger partial charge on any atom is -0.378 e. The summed E-state index contributed by atoms with van der Waals surface area (Å²) in [7, 11) is 0. The summed E-state index contributed by atoms with van der Waals surface area (Å²) in [4.78, 5) is 28.8. The molecule has 1 aliphatic rings. The van der Waals surface area contributed by atoms with E-state index in [1.807, 2.05) is 60.7 Å². The van der Waals surface area contributed by atoms with Gasteiger partial charge in [0, 0.05) is 29.9 Å². The normalized spacial score (nSPS) is 13.8. The maximum atomic E-state index is 13.6. The van der Waals surface area contributed by atoms with Crippen LogP contribution in [0.1, 0.15) is 5.56 Å². The number of aromatic nitrogens is 2. The van der Waals surface area contributed by atoms with Gasteiger partial charge in [0.05, 0.1) is 40.8 Å². The van der Waals surface area contributed by atoms with Crippen LogP contribution in [0.3, 0.4) is 0 Å². The van der Waals surface area contributed by atoms with Gasteiger partial charge in [-0.1, -0.05) is 71.7 Å². The second-order valence-corrected chi connectivity index (χ2v) is 9.42. The van der Waals surface area contributed by atoms with Crippen molar-refractivity contribution in [2.45, 2.75) is 0 Å². The summed E-state index contributed by atoms with van der Waals surface area (Å²) in [6.07, 6.45) is 3.26. The van der Waals surface area contributed by atoms with Crippen LogP contribution in [-0.2, 0) is 14.3 Å². The zero-order valence-corrected chi connectivity index (χ0v) is 21.8. The smallest absolute Gasteiger partial charge is 0.261 e. The van der Waals surface area contributed by atoms with E-state index in [1.54, 1.807) is 40.1 Å². The Hall–Kier alpha value is -3.91. The third-order valence-corrected chi connectivity index (χ3v) is 6.84. The number of anilines is 1. The molecule has 0 saturated carbocycles. The highest BCUT2D eigenvalue weighted by Gasteiger charge is 2.27. The molecule has 1 aliphatic heterocycles. The fourth-order valence-electron chi connectivity index (χ4n) is 4.21. The van der Waals surface area contributed by atoms with Gasteiger partial charge in [0.25, 0.3) is 11.8 Å². The third kappa shape index (κ3) is 5.65. The van der Waals surface area contributed by atoms with Crippen LogP contribution in [-0.4, -0.2) is 52.8 Å². The lowest BCUT2D eigenvalue weighted by Crippen LogP contribution is -2.43. The van der Waals surface area contributed by atoms with Gasteiger partial charge >= 0.3 is 0 Å². The Morgan fingerprint density at radius 1 is 0.895 bits per heavy atom. The maximum Gasteiger partial charge on any atom is 0.261 e. The molecule has 7 nitrogen and oxygen atoms in total. The number of hydrogen-bond donors (Lipinski definition) is 1. The van der Waals surface area contributed by atoms with Crippen LogP contribution in [0, 0.1) is 0 Å². The Labute approximate surface area is 230 Å². The quantitative estimate of drug-likeness (QED) is 0.190. The molecular formula is C29H24Cl2N4O3. The first-order chi connectivity index (χ1) is 18.5. The number of hydrogen-bond acceptors (Lipinski definition) is 4. The standard InChI is InChI=1S/C29H24Cl2N4O3/c30-25-12-11-22(18-26(25)31)33-28(36)24(29(37)34-13-15-38-16-14-34)17-21-19-32-35(23-9-5-2-6-10-23)27(21)20-7-3-1-4-8-20/h1-12,17-19H,13-16H2,(H,33,36)/b24-17+. The lowest BCUT2D eigenvalue weighted by atomic mass is 10.0. The predicted octanol–water partition coefficient (Wildman–Crippen LogP) is 5.73. The summed E-state index contributed by atoms with van der Waals surface area (Å²) < 4.78 is 7.20. The van der Waals surface area contributed by atoms with Gasteiger partial charge in [0.1, 0.15) is 5.57 Å². The molecule has 1 aromatic heterocycles. The van der Waals surface area contributed by atoms with E-state index >= 15 is 0 Å². The molecule has 0 radical (unpaired) electrons. The van der Waals surface area contributed by atoms with Gasteiger partial charge in [0.2, 0.25) is 0 Å². The largest absolute Gasteiger partial charge is 0.378 e. The Morgan fingerprint density at radius 3 is 2.26 bits per heavy atom. The average molecular weight is 547 g/mol. The number of amides is 2. The number of rotatable bonds is 6. The number of carbonyl (C=O) groups excluding carboxylic acids is 2. The van der Waals surface area contributed by atoms with Crippen molar-refractivity contribution < 1.29 is 14.3 Å². The van der Waals surface area contributed by atoms with Crippen molar-refractivity contribution in [1.82, 2.24) is 14.7 Å². The number of benzene rings is 3. The fourth-order valence-corrected chi connectivity index (χ4v) is 4.50. The van der Waals surface area contributed by atoms with Gasteiger partial charge in [0.15, 0.2) is 0 Å². The lowest BCUT2D eigenvalue weighted by Gasteiger charge is -2.27. The summed E-state index contributed by atoms with van der Waals surface area (Å²) in [6.45, 7) is 1.61. The molecule has 0 bridgehead atoms. The molecule has 4 aromatic rings. The van der Waals surface area contributed by atoms with Crippen LogP contribution in [0.15, 0.2) is 90.6 Å². The van der Waals surface area contributed by atoms with Crippen molar-refractivity contribution in [3.8, 4) is 16.9 Å². The number of halogens is 2. The maximum absolute atomic E-state index is 13.6. The number of para-hydroxylation sites is 1. The highest BCUT2D eigenvalue weighted by molar-refractivity contribution is 6.42. The third-order valence-electron chi connectivity index (χ3n) is 6.10.